The maximum absolute atomic E-state index is 4.42. The van der Waals surface area contributed by atoms with E-state index in [-0.39, 0.29) is 0 Å². The highest BCUT2D eigenvalue weighted by Gasteiger charge is 2.02. The Bertz CT molecular complexity index is 349. The normalized spacial score (nSPS) is 11.5. The molecular formula is C15H28N4S. The summed E-state index contributed by atoms with van der Waals surface area (Å²) >= 11 is 1.73. The van der Waals surface area contributed by atoms with Crippen LogP contribution in [0, 0.1) is 5.92 Å². The zero-order valence-corrected chi connectivity index (χ0v) is 14.0. The molecule has 4 nitrogen and oxygen atoms in total. The second-order valence-corrected chi connectivity index (χ2v) is 6.34. The molecule has 5 heteroatoms. The van der Waals surface area contributed by atoms with Gasteiger partial charge in [0.1, 0.15) is 0 Å². The van der Waals surface area contributed by atoms with Gasteiger partial charge in [-0.2, -0.15) is 0 Å². The highest BCUT2D eigenvalue weighted by atomic mass is 32.2. The molecule has 0 aliphatic rings. The molecule has 1 N–H and O–H groups in total. The van der Waals surface area contributed by atoms with Gasteiger partial charge in [0.05, 0.1) is 0 Å². The van der Waals surface area contributed by atoms with Crippen molar-refractivity contribution in [1.29, 1.82) is 0 Å². The number of thioether (sulfide) groups is 1. The second kappa shape index (κ2) is 10.1. The fraction of sp³-hybridized carbons (Fsp3) is 0.733. The van der Waals surface area contributed by atoms with Gasteiger partial charge in [0.2, 0.25) is 0 Å². The van der Waals surface area contributed by atoms with Crippen LogP contribution >= 0.6 is 11.8 Å². The van der Waals surface area contributed by atoms with Gasteiger partial charge in [-0.3, -0.25) is 0 Å². The van der Waals surface area contributed by atoms with E-state index in [2.05, 4.69) is 47.9 Å². The van der Waals surface area contributed by atoms with Crippen molar-refractivity contribution in [3.8, 4) is 0 Å². The van der Waals surface area contributed by atoms with Crippen LogP contribution in [0.5, 0.6) is 0 Å². The van der Waals surface area contributed by atoms with Crippen molar-refractivity contribution in [3.05, 3.63) is 18.0 Å². The minimum absolute atomic E-state index is 0.672. The molecule has 0 atom stereocenters. The van der Waals surface area contributed by atoms with Crippen molar-refractivity contribution in [1.82, 2.24) is 20.2 Å². The van der Waals surface area contributed by atoms with Crippen LogP contribution in [-0.2, 0) is 6.54 Å². The van der Waals surface area contributed by atoms with E-state index in [4.69, 9.17) is 0 Å². The minimum atomic E-state index is 0.672. The predicted molar refractivity (Wildman–Crippen MR) is 87.1 cm³/mol. The van der Waals surface area contributed by atoms with Crippen molar-refractivity contribution in [2.45, 2.75) is 39.4 Å². The molecule has 0 aromatic carbocycles. The Morgan fingerprint density at radius 2 is 1.85 bits per heavy atom. The van der Waals surface area contributed by atoms with Gasteiger partial charge >= 0.3 is 0 Å². The van der Waals surface area contributed by atoms with E-state index < -0.39 is 0 Å². The zero-order valence-electron chi connectivity index (χ0n) is 13.2. The van der Waals surface area contributed by atoms with Crippen LogP contribution in [-0.4, -0.2) is 46.8 Å². The fourth-order valence-electron chi connectivity index (χ4n) is 1.82. The Balaban J connectivity index is 2.28. The first-order chi connectivity index (χ1) is 9.65. The summed E-state index contributed by atoms with van der Waals surface area (Å²) in [5, 5.41) is 4.28. The van der Waals surface area contributed by atoms with Crippen LogP contribution < -0.4 is 5.32 Å². The SMILES string of the molecule is CCN(CC)CCSc1ncc(CNCC(C)C)cn1. The summed E-state index contributed by atoms with van der Waals surface area (Å²) in [5.74, 6) is 1.72. The smallest absolute Gasteiger partial charge is 0.187 e. The number of hydrogen-bond donors (Lipinski definition) is 1. The van der Waals surface area contributed by atoms with Crippen molar-refractivity contribution in [2.24, 2.45) is 5.92 Å². The summed E-state index contributed by atoms with van der Waals surface area (Å²) in [4.78, 5) is 11.3. The summed E-state index contributed by atoms with van der Waals surface area (Å²) in [6.45, 7) is 14.0. The molecule has 0 aliphatic heterocycles. The number of nitrogens with zero attached hydrogens (tertiary/aromatic N) is 3. The Hall–Kier alpha value is -0.650. The molecule has 0 bridgehead atoms. The monoisotopic (exact) mass is 296 g/mol. The minimum Gasteiger partial charge on any atom is -0.312 e. The third-order valence-electron chi connectivity index (χ3n) is 3.10. The molecule has 1 heterocycles. The quantitative estimate of drug-likeness (QED) is 0.531. The Kier molecular flexibility index (Phi) is 8.82. The van der Waals surface area contributed by atoms with Crippen molar-refractivity contribution in [2.75, 3.05) is 31.9 Å². The molecule has 0 amide bonds. The molecule has 0 spiro atoms. The van der Waals surface area contributed by atoms with E-state index in [1.165, 1.54) is 0 Å². The molecule has 114 valence electrons. The van der Waals surface area contributed by atoms with Gasteiger partial charge < -0.3 is 10.2 Å². The Morgan fingerprint density at radius 3 is 2.40 bits per heavy atom. The van der Waals surface area contributed by atoms with Gasteiger partial charge in [0, 0.05) is 36.8 Å². The van der Waals surface area contributed by atoms with Crippen LogP contribution in [0.1, 0.15) is 33.3 Å². The lowest BCUT2D eigenvalue weighted by Crippen LogP contribution is -2.25. The molecular weight excluding hydrogens is 268 g/mol. The van der Waals surface area contributed by atoms with E-state index in [1.807, 2.05) is 12.4 Å². The van der Waals surface area contributed by atoms with Crippen LogP contribution in [0.25, 0.3) is 0 Å². The van der Waals surface area contributed by atoms with E-state index in [9.17, 15) is 0 Å². The number of hydrogen-bond acceptors (Lipinski definition) is 5. The Labute approximate surface area is 127 Å². The largest absolute Gasteiger partial charge is 0.312 e. The van der Waals surface area contributed by atoms with Gasteiger partial charge in [-0.1, -0.05) is 39.5 Å². The van der Waals surface area contributed by atoms with Crippen molar-refractivity contribution < 1.29 is 0 Å². The molecule has 0 radical (unpaired) electrons. The van der Waals surface area contributed by atoms with Crippen LogP contribution in [0.2, 0.25) is 0 Å². The summed E-state index contributed by atoms with van der Waals surface area (Å²) in [7, 11) is 0. The molecule has 0 saturated heterocycles. The molecule has 0 unspecified atom stereocenters. The van der Waals surface area contributed by atoms with Gasteiger partial charge in [-0.15, -0.1) is 0 Å². The lowest BCUT2D eigenvalue weighted by Gasteiger charge is -2.16. The number of nitrogens with one attached hydrogen (secondary N) is 1. The third-order valence-corrected chi connectivity index (χ3v) is 3.95. The van der Waals surface area contributed by atoms with E-state index in [0.717, 1.165) is 49.2 Å². The van der Waals surface area contributed by atoms with Crippen LogP contribution in [0.4, 0.5) is 0 Å². The van der Waals surface area contributed by atoms with Gasteiger partial charge in [-0.05, 0) is 25.6 Å². The lowest BCUT2D eigenvalue weighted by molar-refractivity contribution is 0.324. The standard InChI is InChI=1S/C15H28N4S/c1-5-19(6-2)7-8-20-15-17-11-14(12-18-15)10-16-9-13(3)4/h11-13,16H,5-10H2,1-4H3. The molecule has 1 aromatic heterocycles. The molecule has 20 heavy (non-hydrogen) atoms. The topological polar surface area (TPSA) is 41.1 Å². The van der Waals surface area contributed by atoms with E-state index in [0.29, 0.717) is 5.92 Å². The predicted octanol–water partition coefficient (Wildman–Crippen LogP) is 2.66. The van der Waals surface area contributed by atoms with E-state index >= 15 is 0 Å². The van der Waals surface area contributed by atoms with Crippen molar-refractivity contribution in [3.63, 3.8) is 0 Å². The highest BCUT2D eigenvalue weighted by Crippen LogP contribution is 2.12. The summed E-state index contributed by atoms with van der Waals surface area (Å²) in [6, 6.07) is 0. The summed E-state index contributed by atoms with van der Waals surface area (Å²) in [6.07, 6.45) is 3.86. The average molecular weight is 296 g/mol. The number of rotatable bonds is 10. The molecule has 0 saturated carbocycles. The average Bonchev–Trinajstić information content (AvgIpc) is 2.45. The fourth-order valence-corrected chi connectivity index (χ4v) is 2.61. The third kappa shape index (κ3) is 7.22. The van der Waals surface area contributed by atoms with Gasteiger partial charge in [-0.25, -0.2) is 9.97 Å². The molecule has 1 rings (SSSR count). The first kappa shape index (κ1) is 17.4. The highest BCUT2D eigenvalue weighted by molar-refractivity contribution is 7.99. The van der Waals surface area contributed by atoms with Crippen LogP contribution in [0.15, 0.2) is 17.6 Å². The van der Waals surface area contributed by atoms with E-state index in [1.54, 1.807) is 11.8 Å². The summed E-state index contributed by atoms with van der Waals surface area (Å²) in [5.41, 5.74) is 1.15. The molecule has 0 fully saturated rings. The van der Waals surface area contributed by atoms with Crippen molar-refractivity contribution >= 4 is 11.8 Å². The first-order valence-electron chi connectivity index (χ1n) is 7.52. The molecule has 1 aromatic rings. The summed E-state index contributed by atoms with van der Waals surface area (Å²) < 4.78 is 0. The van der Waals surface area contributed by atoms with Crippen LogP contribution in [0.3, 0.4) is 0 Å². The maximum atomic E-state index is 4.42. The second-order valence-electron chi connectivity index (χ2n) is 5.27. The zero-order chi connectivity index (χ0) is 14.8. The first-order valence-corrected chi connectivity index (χ1v) is 8.51. The number of aromatic nitrogens is 2. The van der Waals surface area contributed by atoms with Gasteiger partial charge in [0.25, 0.3) is 0 Å². The Morgan fingerprint density at radius 1 is 1.20 bits per heavy atom. The van der Waals surface area contributed by atoms with Gasteiger partial charge in [0.15, 0.2) is 5.16 Å². The maximum Gasteiger partial charge on any atom is 0.187 e. The lowest BCUT2D eigenvalue weighted by atomic mass is 10.2. The molecule has 0 aliphatic carbocycles.